The number of aromatic nitrogens is 5. The predicted molar refractivity (Wildman–Crippen MR) is 238 cm³/mol. The van der Waals surface area contributed by atoms with Crippen LogP contribution in [0.15, 0.2) is 188 Å². The summed E-state index contributed by atoms with van der Waals surface area (Å²) in [7, 11) is 0. The summed E-state index contributed by atoms with van der Waals surface area (Å²) < 4.78 is 7.34. The summed E-state index contributed by atoms with van der Waals surface area (Å²) in [5.74, 6) is 1.95. The number of hydrogen-bond donors (Lipinski definition) is 0. The zero-order valence-corrected chi connectivity index (χ0v) is 31.4. The number of fused-ring (bicyclic) bond motifs is 10. The smallest absolute Gasteiger partial charge is 0.164 e. The van der Waals surface area contributed by atoms with E-state index >= 15 is 0 Å². The second kappa shape index (κ2) is 12.6. The van der Waals surface area contributed by atoms with Gasteiger partial charge in [-0.05, 0) is 42.5 Å². The Labute approximate surface area is 331 Å². The Balaban J connectivity index is 1.21. The van der Waals surface area contributed by atoms with Crippen LogP contribution in [0.5, 0.6) is 0 Å². The third-order valence-corrected chi connectivity index (χ3v) is 12.4. The molecule has 0 aliphatic rings. The fourth-order valence-electron chi connectivity index (χ4n) is 8.70. The molecule has 4 heterocycles. The zero-order chi connectivity index (χ0) is 37.5. The van der Waals surface area contributed by atoms with E-state index in [0.29, 0.717) is 17.5 Å². The maximum atomic E-state index is 5.21. The highest BCUT2D eigenvalue weighted by molar-refractivity contribution is 7.26. The van der Waals surface area contributed by atoms with Crippen molar-refractivity contribution in [3.63, 3.8) is 0 Å². The van der Waals surface area contributed by atoms with Crippen LogP contribution in [0.25, 0.3) is 109 Å². The lowest BCUT2D eigenvalue weighted by Crippen LogP contribution is -2.01. The maximum absolute atomic E-state index is 5.21. The molecule has 0 atom stereocenters. The molecule has 0 bridgehead atoms. The number of thiophene rings is 1. The lowest BCUT2D eigenvalue weighted by Gasteiger charge is -2.15. The molecule has 12 rings (SSSR count). The Hall–Kier alpha value is -7.41. The van der Waals surface area contributed by atoms with Gasteiger partial charge in [-0.1, -0.05) is 146 Å². The van der Waals surface area contributed by atoms with Crippen LogP contribution in [0.3, 0.4) is 0 Å². The van der Waals surface area contributed by atoms with Crippen molar-refractivity contribution < 1.29 is 0 Å². The van der Waals surface area contributed by atoms with Crippen molar-refractivity contribution in [2.45, 2.75) is 0 Å². The number of para-hydroxylation sites is 3. The molecule has 0 amide bonds. The SMILES string of the molecule is c1ccc(-c2nc(-c3ccccc3)nc(-c3ccc(-n4c5ccccc5c5ccc6c7ccccc7n(-c7ccccc7)c6c54)c4sc5ccccc5c34)n2)cc1. The van der Waals surface area contributed by atoms with E-state index < -0.39 is 0 Å². The van der Waals surface area contributed by atoms with Gasteiger partial charge in [0, 0.05) is 59.4 Å². The van der Waals surface area contributed by atoms with E-state index in [1.807, 2.05) is 47.7 Å². The summed E-state index contributed by atoms with van der Waals surface area (Å²) in [6.07, 6.45) is 0. The number of hydrogen-bond acceptors (Lipinski definition) is 4. The summed E-state index contributed by atoms with van der Waals surface area (Å²) in [5, 5.41) is 7.21. The number of nitrogens with zero attached hydrogens (tertiary/aromatic N) is 5. The first-order chi connectivity index (χ1) is 28.3. The van der Waals surface area contributed by atoms with Gasteiger partial charge in [0.2, 0.25) is 0 Å². The molecule has 0 fully saturated rings. The fraction of sp³-hybridized carbons (Fsp3) is 0. The van der Waals surface area contributed by atoms with Crippen LogP contribution in [0.2, 0.25) is 0 Å². The Morgan fingerprint density at radius 3 is 1.49 bits per heavy atom. The molecule has 12 aromatic rings. The van der Waals surface area contributed by atoms with Crippen LogP contribution in [0, 0.1) is 0 Å². The highest BCUT2D eigenvalue weighted by Gasteiger charge is 2.24. The quantitative estimate of drug-likeness (QED) is 0.176. The first-order valence-corrected chi connectivity index (χ1v) is 19.9. The van der Waals surface area contributed by atoms with Gasteiger partial charge in [-0.15, -0.1) is 11.3 Å². The standard InChI is InChI=1S/C51H31N5S/c1-4-16-32(17-5-1)49-52-50(33-18-6-2-7-19-33)54-51(53-49)40-30-31-43(48-45(40)39-24-12-15-27-44(39)57-48)56-42-26-14-11-23-36(42)38-29-28-37-35-22-10-13-25-41(35)55(46(37)47(38)56)34-20-8-3-9-21-34/h1-31H. The fourth-order valence-corrected chi connectivity index (χ4v) is 9.93. The van der Waals surface area contributed by atoms with Crippen molar-refractivity contribution in [2.24, 2.45) is 0 Å². The predicted octanol–water partition coefficient (Wildman–Crippen LogP) is 13.4. The average molecular weight is 746 g/mol. The van der Waals surface area contributed by atoms with Gasteiger partial charge in [0.15, 0.2) is 17.5 Å². The highest BCUT2D eigenvalue weighted by atomic mass is 32.1. The molecular formula is C51H31N5S. The molecule has 0 unspecified atom stereocenters. The van der Waals surface area contributed by atoms with E-state index in [4.69, 9.17) is 15.0 Å². The van der Waals surface area contributed by atoms with Gasteiger partial charge in [0.1, 0.15) is 0 Å². The Morgan fingerprint density at radius 2 is 0.860 bits per heavy atom. The molecule has 8 aromatic carbocycles. The van der Waals surface area contributed by atoms with E-state index in [2.05, 4.69) is 161 Å². The van der Waals surface area contributed by atoms with Gasteiger partial charge in [-0.3, -0.25) is 0 Å². The second-order valence-corrected chi connectivity index (χ2v) is 15.4. The van der Waals surface area contributed by atoms with Crippen LogP contribution in [0.1, 0.15) is 0 Å². The van der Waals surface area contributed by atoms with Gasteiger partial charge < -0.3 is 9.13 Å². The molecule has 0 saturated carbocycles. The van der Waals surface area contributed by atoms with Gasteiger partial charge in [-0.25, -0.2) is 15.0 Å². The molecule has 0 aliphatic heterocycles. The maximum Gasteiger partial charge on any atom is 0.164 e. The normalized spacial score (nSPS) is 11.9. The summed E-state index contributed by atoms with van der Waals surface area (Å²) >= 11 is 1.83. The minimum Gasteiger partial charge on any atom is -0.307 e. The van der Waals surface area contributed by atoms with Crippen LogP contribution in [-0.2, 0) is 0 Å². The average Bonchev–Trinajstić information content (AvgIpc) is 3.95. The van der Waals surface area contributed by atoms with E-state index in [1.54, 1.807) is 0 Å². The van der Waals surface area contributed by atoms with Crippen molar-refractivity contribution in [1.82, 2.24) is 24.1 Å². The van der Waals surface area contributed by atoms with E-state index in [-0.39, 0.29) is 0 Å². The third kappa shape index (κ3) is 4.84. The summed E-state index contributed by atoms with van der Waals surface area (Å²) in [5.41, 5.74) is 9.84. The van der Waals surface area contributed by atoms with E-state index in [0.717, 1.165) is 39.0 Å². The van der Waals surface area contributed by atoms with Crippen LogP contribution >= 0.6 is 11.3 Å². The van der Waals surface area contributed by atoms with Gasteiger partial charge in [0.05, 0.1) is 32.5 Å². The van der Waals surface area contributed by atoms with Crippen molar-refractivity contribution in [3.8, 4) is 45.5 Å². The van der Waals surface area contributed by atoms with E-state index in [9.17, 15) is 0 Å². The molecule has 0 N–H and O–H groups in total. The van der Waals surface area contributed by atoms with Crippen LogP contribution in [-0.4, -0.2) is 24.1 Å². The van der Waals surface area contributed by atoms with Gasteiger partial charge >= 0.3 is 0 Å². The topological polar surface area (TPSA) is 48.5 Å². The largest absolute Gasteiger partial charge is 0.307 e. The molecule has 0 aliphatic carbocycles. The van der Waals surface area contributed by atoms with E-state index in [1.165, 1.54) is 52.9 Å². The highest BCUT2D eigenvalue weighted by Crippen LogP contribution is 2.47. The van der Waals surface area contributed by atoms with Gasteiger partial charge in [-0.2, -0.15) is 0 Å². The number of benzene rings is 8. The third-order valence-electron chi connectivity index (χ3n) is 11.2. The summed E-state index contributed by atoms with van der Waals surface area (Å²) in [6.45, 7) is 0. The molecule has 57 heavy (non-hydrogen) atoms. The minimum atomic E-state index is 0.648. The monoisotopic (exact) mass is 745 g/mol. The number of rotatable bonds is 5. The molecule has 4 aromatic heterocycles. The molecule has 0 saturated heterocycles. The van der Waals surface area contributed by atoms with Crippen LogP contribution < -0.4 is 0 Å². The molecule has 5 nitrogen and oxygen atoms in total. The molecular weight excluding hydrogens is 715 g/mol. The zero-order valence-electron chi connectivity index (χ0n) is 30.5. The molecule has 0 radical (unpaired) electrons. The Morgan fingerprint density at radius 1 is 0.368 bits per heavy atom. The Kier molecular flexibility index (Phi) is 7.03. The first kappa shape index (κ1) is 31.9. The lowest BCUT2D eigenvalue weighted by molar-refractivity contribution is 1.08. The van der Waals surface area contributed by atoms with Crippen molar-refractivity contribution >= 4 is 75.1 Å². The van der Waals surface area contributed by atoms with Crippen molar-refractivity contribution in [1.29, 1.82) is 0 Å². The molecule has 6 heteroatoms. The minimum absolute atomic E-state index is 0.648. The molecule has 0 spiro atoms. The molecule has 266 valence electrons. The van der Waals surface area contributed by atoms with Gasteiger partial charge in [0.25, 0.3) is 0 Å². The van der Waals surface area contributed by atoms with Crippen molar-refractivity contribution in [2.75, 3.05) is 0 Å². The first-order valence-electron chi connectivity index (χ1n) is 19.1. The lowest BCUT2D eigenvalue weighted by atomic mass is 10.0. The van der Waals surface area contributed by atoms with Crippen LogP contribution in [0.4, 0.5) is 0 Å². The summed E-state index contributed by atoms with van der Waals surface area (Å²) in [6, 6.07) is 66.6. The second-order valence-electron chi connectivity index (χ2n) is 14.4. The van der Waals surface area contributed by atoms with Crippen molar-refractivity contribution in [3.05, 3.63) is 188 Å². The summed E-state index contributed by atoms with van der Waals surface area (Å²) in [4.78, 5) is 15.4. The Bertz CT molecular complexity index is 3450.